The molecule has 5 heteroatoms. The Morgan fingerprint density at radius 1 is 1.06 bits per heavy atom. The Bertz CT molecular complexity index is 843. The summed E-state index contributed by atoms with van der Waals surface area (Å²) < 4.78 is 22.6. The number of carbonyl (C=O) groups is 1. The van der Waals surface area contributed by atoms with E-state index >= 15 is 0 Å². The largest absolute Gasteiger partial charge is 0.497 e. The molecule has 2 unspecified atom stereocenters. The molecule has 1 aliphatic rings. The maximum Gasteiger partial charge on any atom is 0.188 e. The van der Waals surface area contributed by atoms with Crippen LogP contribution in [-0.4, -0.2) is 26.8 Å². The summed E-state index contributed by atoms with van der Waals surface area (Å²) in [6.45, 7) is 0.685. The van der Waals surface area contributed by atoms with E-state index in [9.17, 15) is 4.79 Å². The van der Waals surface area contributed by atoms with E-state index in [1.165, 1.54) is 0 Å². The van der Waals surface area contributed by atoms with E-state index in [4.69, 9.17) is 18.9 Å². The first kappa shape index (κ1) is 23.0. The molecule has 0 spiro atoms. The van der Waals surface area contributed by atoms with Crippen molar-refractivity contribution in [2.75, 3.05) is 21.0 Å². The van der Waals surface area contributed by atoms with Gasteiger partial charge in [0.1, 0.15) is 11.5 Å². The van der Waals surface area contributed by atoms with Gasteiger partial charge in [0.05, 0.1) is 19.8 Å². The van der Waals surface area contributed by atoms with Crippen LogP contribution in [0.3, 0.4) is 0 Å². The fraction of sp³-hybridized carbons (Fsp3) is 0.423. The molecule has 2 aromatic carbocycles. The first-order chi connectivity index (χ1) is 15.2. The number of hydrogen-bond donors (Lipinski definition) is 0. The van der Waals surface area contributed by atoms with E-state index in [0.29, 0.717) is 18.9 Å². The van der Waals surface area contributed by atoms with Crippen LogP contribution in [0.5, 0.6) is 11.5 Å². The second kappa shape index (κ2) is 12.3. The zero-order chi connectivity index (χ0) is 21.9. The molecule has 166 valence electrons. The van der Waals surface area contributed by atoms with Gasteiger partial charge in [0.25, 0.3) is 0 Å². The lowest BCUT2D eigenvalue weighted by Gasteiger charge is -2.26. The summed E-state index contributed by atoms with van der Waals surface area (Å²) in [6.07, 6.45) is 7.92. The number of carbonyl (C=O) groups excluding carboxylic acids is 1. The Labute approximate surface area is 185 Å². The smallest absolute Gasteiger partial charge is 0.188 e. The molecular formula is C26H32O5. The number of ketones is 1. The van der Waals surface area contributed by atoms with E-state index < -0.39 is 0 Å². The zero-order valence-corrected chi connectivity index (χ0v) is 18.4. The summed E-state index contributed by atoms with van der Waals surface area (Å²) in [7, 11) is 3.28. The predicted molar refractivity (Wildman–Crippen MR) is 120 cm³/mol. The maximum absolute atomic E-state index is 11.7. The van der Waals surface area contributed by atoms with Gasteiger partial charge in [-0.25, -0.2) is 0 Å². The Kier molecular flexibility index (Phi) is 9.13. The van der Waals surface area contributed by atoms with Crippen LogP contribution in [0, 0.1) is 5.92 Å². The van der Waals surface area contributed by atoms with Crippen LogP contribution in [0.25, 0.3) is 0 Å². The first-order valence-corrected chi connectivity index (χ1v) is 10.8. The molecule has 0 radical (unpaired) electrons. The van der Waals surface area contributed by atoms with Crippen molar-refractivity contribution in [2.45, 2.75) is 44.8 Å². The fourth-order valence-corrected chi connectivity index (χ4v) is 3.88. The standard InChI is InChI=1S/C26H32O5/c1-28-19-31-25-12-4-3-11-24(25)26(17-20-7-5-9-22(27)10-6-8-20)30-18-21-13-15-23(29-2)16-14-21/h3-5,9,11-16,20,26H,6-8,10,17-19H2,1-2H3/b9-5-. The molecule has 5 nitrogen and oxygen atoms in total. The number of ether oxygens (including phenoxy) is 4. The Balaban J connectivity index is 1.77. The summed E-state index contributed by atoms with van der Waals surface area (Å²) in [5.41, 5.74) is 2.11. The summed E-state index contributed by atoms with van der Waals surface area (Å²) >= 11 is 0. The molecule has 0 heterocycles. The van der Waals surface area contributed by atoms with E-state index in [2.05, 4.69) is 6.07 Å². The quantitative estimate of drug-likeness (QED) is 0.462. The van der Waals surface area contributed by atoms with Crippen LogP contribution < -0.4 is 9.47 Å². The molecular weight excluding hydrogens is 392 g/mol. The highest BCUT2D eigenvalue weighted by Gasteiger charge is 2.22. The van der Waals surface area contributed by atoms with Gasteiger partial charge in [-0.15, -0.1) is 0 Å². The summed E-state index contributed by atoms with van der Waals surface area (Å²) in [4.78, 5) is 11.7. The lowest BCUT2D eigenvalue weighted by molar-refractivity contribution is -0.114. The second-order valence-corrected chi connectivity index (χ2v) is 7.83. The van der Waals surface area contributed by atoms with Crippen LogP contribution in [0.1, 0.15) is 49.3 Å². The second-order valence-electron chi connectivity index (χ2n) is 7.83. The average Bonchev–Trinajstić information content (AvgIpc) is 2.79. The van der Waals surface area contributed by atoms with Gasteiger partial charge in [0.2, 0.25) is 0 Å². The molecule has 2 atom stereocenters. The van der Waals surface area contributed by atoms with Crippen molar-refractivity contribution in [3.8, 4) is 11.5 Å². The first-order valence-electron chi connectivity index (χ1n) is 10.8. The van der Waals surface area contributed by atoms with Crippen LogP contribution in [-0.2, 0) is 20.9 Å². The topological polar surface area (TPSA) is 54.0 Å². The zero-order valence-electron chi connectivity index (χ0n) is 18.4. The fourth-order valence-electron chi connectivity index (χ4n) is 3.88. The molecule has 2 aromatic rings. The highest BCUT2D eigenvalue weighted by atomic mass is 16.7. The van der Waals surface area contributed by atoms with Gasteiger partial charge in [0.15, 0.2) is 12.6 Å². The highest BCUT2D eigenvalue weighted by molar-refractivity contribution is 5.89. The van der Waals surface area contributed by atoms with Crippen molar-refractivity contribution in [3.63, 3.8) is 0 Å². The van der Waals surface area contributed by atoms with Crippen molar-refractivity contribution in [2.24, 2.45) is 5.92 Å². The minimum atomic E-state index is -0.122. The molecule has 31 heavy (non-hydrogen) atoms. The molecule has 0 N–H and O–H groups in total. The summed E-state index contributed by atoms with van der Waals surface area (Å²) in [6, 6.07) is 15.9. The number of allylic oxidation sites excluding steroid dienone is 2. The number of methoxy groups -OCH3 is 2. The molecule has 0 saturated carbocycles. The predicted octanol–water partition coefficient (Wildman–Crippen LogP) is 5.64. The summed E-state index contributed by atoms with van der Waals surface area (Å²) in [5.74, 6) is 2.28. The molecule has 0 fully saturated rings. The Morgan fingerprint density at radius 2 is 1.87 bits per heavy atom. The number of benzene rings is 2. The van der Waals surface area contributed by atoms with Crippen LogP contribution in [0.2, 0.25) is 0 Å². The molecule has 0 saturated heterocycles. The Morgan fingerprint density at radius 3 is 2.65 bits per heavy atom. The highest BCUT2D eigenvalue weighted by Crippen LogP contribution is 2.36. The molecule has 0 bridgehead atoms. The molecule has 0 aromatic heterocycles. The van der Waals surface area contributed by atoms with Gasteiger partial charge < -0.3 is 18.9 Å². The third-order valence-electron chi connectivity index (χ3n) is 5.56. The minimum Gasteiger partial charge on any atom is -0.497 e. The van der Waals surface area contributed by atoms with Gasteiger partial charge >= 0.3 is 0 Å². The summed E-state index contributed by atoms with van der Waals surface area (Å²) in [5, 5.41) is 0. The number of rotatable bonds is 10. The van der Waals surface area contributed by atoms with Crippen LogP contribution in [0.4, 0.5) is 0 Å². The van der Waals surface area contributed by atoms with Crippen molar-refractivity contribution >= 4 is 5.78 Å². The van der Waals surface area contributed by atoms with Crippen molar-refractivity contribution in [1.29, 1.82) is 0 Å². The molecule has 0 aliphatic heterocycles. The number of hydrogen-bond acceptors (Lipinski definition) is 5. The minimum absolute atomic E-state index is 0.122. The van der Waals surface area contributed by atoms with Crippen LogP contribution >= 0.6 is 0 Å². The Hall–Kier alpha value is -2.63. The van der Waals surface area contributed by atoms with Gasteiger partial charge in [0, 0.05) is 19.1 Å². The monoisotopic (exact) mass is 424 g/mol. The maximum atomic E-state index is 11.7. The van der Waals surface area contributed by atoms with Crippen molar-refractivity contribution < 1.29 is 23.7 Å². The van der Waals surface area contributed by atoms with E-state index in [1.807, 2.05) is 48.5 Å². The average molecular weight is 425 g/mol. The SMILES string of the molecule is COCOc1ccccc1C(CC1C/C=C\C(=O)CCC1)OCc1ccc(OC)cc1. The molecule has 0 amide bonds. The molecule has 3 rings (SSSR count). The normalized spacial score (nSPS) is 18.6. The van der Waals surface area contributed by atoms with Gasteiger partial charge in [-0.2, -0.15) is 0 Å². The third kappa shape index (κ3) is 7.23. The molecule has 1 aliphatic carbocycles. The van der Waals surface area contributed by atoms with E-state index in [1.54, 1.807) is 20.3 Å². The number of para-hydroxylation sites is 1. The van der Waals surface area contributed by atoms with E-state index in [0.717, 1.165) is 48.3 Å². The van der Waals surface area contributed by atoms with Gasteiger partial charge in [-0.3, -0.25) is 4.79 Å². The van der Waals surface area contributed by atoms with Crippen LogP contribution in [0.15, 0.2) is 60.7 Å². The third-order valence-corrected chi connectivity index (χ3v) is 5.56. The van der Waals surface area contributed by atoms with Crippen molar-refractivity contribution in [1.82, 2.24) is 0 Å². The lowest BCUT2D eigenvalue weighted by atomic mass is 9.87. The lowest BCUT2D eigenvalue weighted by Crippen LogP contribution is -2.14. The van der Waals surface area contributed by atoms with Crippen molar-refractivity contribution in [3.05, 3.63) is 71.8 Å². The van der Waals surface area contributed by atoms with E-state index in [-0.39, 0.29) is 18.7 Å². The van der Waals surface area contributed by atoms with Gasteiger partial charge in [-0.1, -0.05) is 36.4 Å². The van der Waals surface area contributed by atoms with Gasteiger partial charge in [-0.05, 0) is 61.4 Å².